The molecule has 0 saturated heterocycles. The van der Waals surface area contributed by atoms with Crippen molar-refractivity contribution in [2.75, 3.05) is 19.8 Å². The Morgan fingerprint density at radius 3 is 2.14 bits per heavy atom. The smallest absolute Gasteiger partial charge is 0.409 e. The third-order valence-corrected chi connectivity index (χ3v) is 3.35. The van der Waals surface area contributed by atoms with Gasteiger partial charge in [-0.05, 0) is 32.1 Å². The third kappa shape index (κ3) is 7.93. The average molecular weight is 301 g/mol. The van der Waals surface area contributed by atoms with Crippen LogP contribution in [0.1, 0.15) is 54.4 Å². The Hall–Kier alpha value is -1.26. The van der Waals surface area contributed by atoms with Crippen molar-refractivity contribution >= 4 is 12.1 Å². The Kier molecular flexibility index (Phi) is 9.84. The fourth-order valence-corrected chi connectivity index (χ4v) is 1.97. The molecule has 2 atom stereocenters. The maximum atomic E-state index is 12.0. The SMILES string of the molecule is CCCN(C(=O)OCC)C(C)C(C)CC(=O)OCC(C)C. The Labute approximate surface area is 129 Å². The zero-order chi connectivity index (χ0) is 16.4. The summed E-state index contributed by atoms with van der Waals surface area (Å²) < 4.78 is 10.3. The summed E-state index contributed by atoms with van der Waals surface area (Å²) in [5.74, 6) is 0.154. The summed E-state index contributed by atoms with van der Waals surface area (Å²) in [5, 5.41) is 0. The number of carbonyl (C=O) groups is 2. The van der Waals surface area contributed by atoms with E-state index in [1.54, 1.807) is 11.8 Å². The van der Waals surface area contributed by atoms with Gasteiger partial charge in [-0.25, -0.2) is 4.79 Å². The number of amides is 1. The van der Waals surface area contributed by atoms with Gasteiger partial charge in [0.1, 0.15) is 0 Å². The van der Waals surface area contributed by atoms with Crippen LogP contribution in [0, 0.1) is 11.8 Å². The van der Waals surface area contributed by atoms with E-state index in [1.807, 2.05) is 34.6 Å². The molecule has 0 aliphatic heterocycles. The average Bonchev–Trinajstić information content (AvgIpc) is 2.41. The second kappa shape index (κ2) is 10.5. The van der Waals surface area contributed by atoms with Crippen molar-refractivity contribution in [3.63, 3.8) is 0 Å². The lowest BCUT2D eigenvalue weighted by molar-refractivity contribution is -0.146. The molecule has 0 bridgehead atoms. The number of esters is 1. The number of ether oxygens (including phenoxy) is 2. The van der Waals surface area contributed by atoms with E-state index in [2.05, 4.69) is 0 Å². The predicted molar refractivity (Wildman–Crippen MR) is 83.1 cm³/mol. The molecule has 0 aromatic heterocycles. The van der Waals surface area contributed by atoms with E-state index < -0.39 is 0 Å². The van der Waals surface area contributed by atoms with Gasteiger partial charge in [0.05, 0.1) is 19.6 Å². The summed E-state index contributed by atoms with van der Waals surface area (Å²) >= 11 is 0. The highest BCUT2D eigenvalue weighted by Crippen LogP contribution is 2.17. The van der Waals surface area contributed by atoms with Crippen LogP contribution in [-0.4, -0.2) is 42.8 Å². The zero-order valence-electron chi connectivity index (χ0n) is 14.3. The molecule has 0 aromatic rings. The molecular weight excluding hydrogens is 270 g/mol. The Bertz CT molecular complexity index is 317. The topological polar surface area (TPSA) is 55.8 Å². The molecule has 0 spiro atoms. The molecule has 0 fully saturated rings. The van der Waals surface area contributed by atoms with Crippen LogP contribution in [0.2, 0.25) is 0 Å². The van der Waals surface area contributed by atoms with E-state index >= 15 is 0 Å². The van der Waals surface area contributed by atoms with Crippen molar-refractivity contribution in [2.24, 2.45) is 11.8 Å². The second-order valence-electron chi connectivity index (χ2n) is 5.89. The minimum atomic E-state index is -0.311. The Morgan fingerprint density at radius 2 is 1.67 bits per heavy atom. The predicted octanol–water partition coefficient (Wildman–Crippen LogP) is 3.47. The normalized spacial score (nSPS) is 13.7. The van der Waals surface area contributed by atoms with Crippen LogP contribution in [0.15, 0.2) is 0 Å². The molecule has 5 heteroatoms. The fourth-order valence-electron chi connectivity index (χ4n) is 1.97. The number of nitrogens with zero attached hydrogens (tertiary/aromatic N) is 1. The summed E-state index contributed by atoms with van der Waals surface area (Å²) in [6.07, 6.45) is 0.857. The number of hydrogen-bond acceptors (Lipinski definition) is 4. The van der Waals surface area contributed by atoms with Crippen molar-refractivity contribution in [2.45, 2.75) is 60.4 Å². The maximum absolute atomic E-state index is 12.0. The summed E-state index contributed by atoms with van der Waals surface area (Å²) in [7, 11) is 0. The van der Waals surface area contributed by atoms with Gasteiger partial charge in [0.15, 0.2) is 0 Å². The first-order valence-corrected chi connectivity index (χ1v) is 7.92. The summed E-state index contributed by atoms with van der Waals surface area (Å²) in [6, 6.07) is -0.0596. The lowest BCUT2D eigenvalue weighted by atomic mass is 9.98. The first-order valence-electron chi connectivity index (χ1n) is 7.92. The van der Waals surface area contributed by atoms with Crippen molar-refractivity contribution in [1.82, 2.24) is 4.90 Å². The molecule has 0 N–H and O–H groups in total. The second-order valence-corrected chi connectivity index (χ2v) is 5.89. The van der Waals surface area contributed by atoms with Crippen LogP contribution in [0.4, 0.5) is 4.79 Å². The molecule has 5 nitrogen and oxygen atoms in total. The van der Waals surface area contributed by atoms with Crippen LogP contribution < -0.4 is 0 Å². The van der Waals surface area contributed by atoms with E-state index in [0.717, 1.165) is 6.42 Å². The number of hydrogen-bond donors (Lipinski definition) is 0. The fraction of sp³-hybridized carbons (Fsp3) is 0.875. The van der Waals surface area contributed by atoms with Crippen LogP contribution >= 0.6 is 0 Å². The molecule has 124 valence electrons. The van der Waals surface area contributed by atoms with Crippen LogP contribution in [-0.2, 0) is 14.3 Å². The van der Waals surface area contributed by atoms with Gasteiger partial charge in [-0.3, -0.25) is 4.79 Å². The molecule has 21 heavy (non-hydrogen) atoms. The first kappa shape index (κ1) is 19.7. The van der Waals surface area contributed by atoms with Crippen LogP contribution in [0.25, 0.3) is 0 Å². The highest BCUT2D eigenvalue weighted by molar-refractivity contribution is 5.70. The lowest BCUT2D eigenvalue weighted by Gasteiger charge is -2.32. The molecule has 1 amide bonds. The third-order valence-electron chi connectivity index (χ3n) is 3.35. The standard InChI is InChI=1S/C16H31NO4/c1-7-9-17(16(19)20-8-2)14(6)13(5)10-15(18)21-11-12(3)4/h12-14H,7-11H2,1-6H3. The van der Waals surface area contributed by atoms with Crippen molar-refractivity contribution < 1.29 is 19.1 Å². The lowest BCUT2D eigenvalue weighted by Crippen LogP contribution is -2.43. The van der Waals surface area contributed by atoms with Gasteiger partial charge in [-0.1, -0.05) is 27.7 Å². The number of rotatable bonds is 9. The molecule has 0 saturated carbocycles. The van der Waals surface area contributed by atoms with Crippen LogP contribution in [0.5, 0.6) is 0 Å². The molecular formula is C16H31NO4. The molecule has 0 aliphatic rings. The molecule has 0 heterocycles. The molecule has 0 aliphatic carbocycles. The highest BCUT2D eigenvalue weighted by atomic mass is 16.6. The highest BCUT2D eigenvalue weighted by Gasteiger charge is 2.26. The van der Waals surface area contributed by atoms with E-state index in [0.29, 0.717) is 32.1 Å². The van der Waals surface area contributed by atoms with E-state index in [-0.39, 0.29) is 24.0 Å². The number of carbonyl (C=O) groups excluding carboxylic acids is 2. The van der Waals surface area contributed by atoms with Gasteiger partial charge >= 0.3 is 12.1 Å². The van der Waals surface area contributed by atoms with Gasteiger partial charge < -0.3 is 14.4 Å². The monoisotopic (exact) mass is 301 g/mol. The summed E-state index contributed by atoms with van der Waals surface area (Å²) in [4.78, 5) is 25.4. The zero-order valence-corrected chi connectivity index (χ0v) is 14.3. The van der Waals surface area contributed by atoms with E-state index in [1.165, 1.54) is 0 Å². The van der Waals surface area contributed by atoms with Gasteiger partial charge in [-0.2, -0.15) is 0 Å². The Morgan fingerprint density at radius 1 is 1.05 bits per heavy atom. The van der Waals surface area contributed by atoms with Gasteiger partial charge in [0.2, 0.25) is 0 Å². The summed E-state index contributed by atoms with van der Waals surface area (Å²) in [6.45, 7) is 13.2. The van der Waals surface area contributed by atoms with Gasteiger partial charge in [0, 0.05) is 12.6 Å². The minimum absolute atomic E-state index is 0.0284. The van der Waals surface area contributed by atoms with Crippen molar-refractivity contribution in [1.29, 1.82) is 0 Å². The Balaban J connectivity index is 4.51. The van der Waals surface area contributed by atoms with Crippen LogP contribution in [0.3, 0.4) is 0 Å². The van der Waals surface area contributed by atoms with Gasteiger partial charge in [0.25, 0.3) is 0 Å². The quantitative estimate of drug-likeness (QED) is 0.612. The molecule has 0 radical (unpaired) electrons. The maximum Gasteiger partial charge on any atom is 0.409 e. The first-order chi connectivity index (χ1) is 9.83. The van der Waals surface area contributed by atoms with E-state index in [9.17, 15) is 9.59 Å². The largest absolute Gasteiger partial charge is 0.465 e. The minimum Gasteiger partial charge on any atom is -0.465 e. The summed E-state index contributed by atoms with van der Waals surface area (Å²) in [5.41, 5.74) is 0. The molecule has 0 rings (SSSR count). The van der Waals surface area contributed by atoms with Crippen molar-refractivity contribution in [3.05, 3.63) is 0 Å². The van der Waals surface area contributed by atoms with E-state index in [4.69, 9.17) is 9.47 Å². The molecule has 2 unspecified atom stereocenters. The molecule has 0 aromatic carbocycles. The van der Waals surface area contributed by atoms with Gasteiger partial charge in [-0.15, -0.1) is 0 Å². The van der Waals surface area contributed by atoms with Crippen molar-refractivity contribution in [3.8, 4) is 0 Å².